The van der Waals surface area contributed by atoms with E-state index in [9.17, 15) is 9.59 Å². The van der Waals surface area contributed by atoms with Crippen LogP contribution in [0.3, 0.4) is 0 Å². The van der Waals surface area contributed by atoms with Crippen LogP contribution in [0, 0.1) is 5.92 Å². The standard InChI is InChI=1S/C15H24N2O2/c1-11(18)12-7-9-17(10-8-12)15(19)13-3-5-14(16-2)6-4-13/h7,13-14,16H,3-6,8-10H2,1-2H3. The van der Waals surface area contributed by atoms with Crippen molar-refractivity contribution < 1.29 is 9.59 Å². The lowest BCUT2D eigenvalue weighted by Gasteiger charge is -2.33. The summed E-state index contributed by atoms with van der Waals surface area (Å²) >= 11 is 0. The third-order valence-electron chi connectivity index (χ3n) is 4.46. The van der Waals surface area contributed by atoms with E-state index in [0.717, 1.165) is 31.3 Å². The van der Waals surface area contributed by atoms with Crippen LogP contribution in [0.2, 0.25) is 0 Å². The quantitative estimate of drug-likeness (QED) is 0.840. The van der Waals surface area contributed by atoms with Gasteiger partial charge >= 0.3 is 0 Å². The Bertz CT molecular complexity index is 382. The van der Waals surface area contributed by atoms with Crippen LogP contribution in [0.25, 0.3) is 0 Å². The van der Waals surface area contributed by atoms with Crippen LogP contribution in [0.4, 0.5) is 0 Å². The van der Waals surface area contributed by atoms with Crippen molar-refractivity contribution in [1.29, 1.82) is 0 Å². The third-order valence-corrected chi connectivity index (χ3v) is 4.46. The van der Waals surface area contributed by atoms with Gasteiger partial charge in [0.2, 0.25) is 5.91 Å². The molecule has 4 nitrogen and oxygen atoms in total. The monoisotopic (exact) mass is 264 g/mol. The number of rotatable bonds is 3. The smallest absolute Gasteiger partial charge is 0.225 e. The summed E-state index contributed by atoms with van der Waals surface area (Å²) in [4.78, 5) is 25.6. The molecule has 0 saturated heterocycles. The SMILES string of the molecule is CNC1CCC(C(=O)N2CC=C(C(C)=O)CC2)CC1. The fourth-order valence-corrected chi connectivity index (χ4v) is 3.08. The number of amides is 1. The second kappa shape index (κ2) is 6.33. The summed E-state index contributed by atoms with van der Waals surface area (Å²) in [6, 6.07) is 0.578. The molecule has 4 heteroatoms. The van der Waals surface area contributed by atoms with E-state index in [1.165, 1.54) is 0 Å². The van der Waals surface area contributed by atoms with E-state index in [1.54, 1.807) is 6.92 Å². The van der Waals surface area contributed by atoms with E-state index < -0.39 is 0 Å². The van der Waals surface area contributed by atoms with Gasteiger partial charge in [-0.25, -0.2) is 0 Å². The lowest BCUT2D eigenvalue weighted by Crippen LogP contribution is -2.42. The number of Topliss-reactive ketones (excluding diaryl/α,β-unsaturated/α-hetero) is 1. The Labute approximate surface area is 115 Å². The molecule has 106 valence electrons. The normalized spacial score (nSPS) is 27.9. The fraction of sp³-hybridized carbons (Fsp3) is 0.733. The molecule has 0 bridgehead atoms. The third kappa shape index (κ3) is 3.44. The van der Waals surface area contributed by atoms with Gasteiger partial charge in [0.25, 0.3) is 0 Å². The molecule has 0 aromatic carbocycles. The van der Waals surface area contributed by atoms with Crippen LogP contribution in [0.15, 0.2) is 11.6 Å². The highest BCUT2D eigenvalue weighted by atomic mass is 16.2. The molecule has 2 rings (SSSR count). The molecule has 1 saturated carbocycles. The minimum Gasteiger partial charge on any atom is -0.338 e. The highest BCUT2D eigenvalue weighted by Gasteiger charge is 2.29. The number of ketones is 1. The maximum Gasteiger partial charge on any atom is 0.225 e. The van der Waals surface area contributed by atoms with E-state index in [0.29, 0.717) is 25.6 Å². The maximum atomic E-state index is 12.4. The Balaban J connectivity index is 1.87. The molecule has 19 heavy (non-hydrogen) atoms. The molecular weight excluding hydrogens is 240 g/mol. The van der Waals surface area contributed by atoms with Crippen molar-refractivity contribution in [3.8, 4) is 0 Å². The van der Waals surface area contributed by atoms with E-state index in [-0.39, 0.29) is 17.6 Å². The molecule has 0 spiro atoms. The maximum absolute atomic E-state index is 12.4. The number of nitrogens with zero attached hydrogens (tertiary/aromatic N) is 1. The molecule has 2 aliphatic rings. The first kappa shape index (κ1) is 14.3. The summed E-state index contributed by atoms with van der Waals surface area (Å²) in [5, 5.41) is 3.29. The molecule has 1 fully saturated rings. The Kier molecular flexibility index (Phi) is 4.75. The molecule has 1 amide bonds. The van der Waals surface area contributed by atoms with Crippen LogP contribution in [0.1, 0.15) is 39.0 Å². The number of carbonyl (C=O) groups is 2. The van der Waals surface area contributed by atoms with Crippen LogP contribution in [-0.4, -0.2) is 42.8 Å². The van der Waals surface area contributed by atoms with Crippen molar-refractivity contribution in [2.24, 2.45) is 5.92 Å². The summed E-state index contributed by atoms with van der Waals surface area (Å²) in [5.74, 6) is 0.618. The van der Waals surface area contributed by atoms with Gasteiger partial charge in [-0.1, -0.05) is 6.08 Å². The van der Waals surface area contributed by atoms with Gasteiger partial charge in [-0.2, -0.15) is 0 Å². The number of carbonyl (C=O) groups excluding carboxylic acids is 2. The van der Waals surface area contributed by atoms with Gasteiger partial charge in [0.15, 0.2) is 5.78 Å². The largest absolute Gasteiger partial charge is 0.338 e. The Morgan fingerprint density at radius 3 is 2.42 bits per heavy atom. The number of hydrogen-bond acceptors (Lipinski definition) is 3. The lowest BCUT2D eigenvalue weighted by molar-refractivity contribution is -0.136. The number of hydrogen-bond donors (Lipinski definition) is 1. The first-order valence-corrected chi connectivity index (χ1v) is 7.28. The van der Waals surface area contributed by atoms with Gasteiger partial charge < -0.3 is 10.2 Å². The molecule has 1 heterocycles. The molecule has 0 unspecified atom stereocenters. The summed E-state index contributed by atoms with van der Waals surface area (Å²) < 4.78 is 0. The van der Waals surface area contributed by atoms with Gasteiger partial charge in [0, 0.05) is 25.0 Å². The zero-order chi connectivity index (χ0) is 13.8. The highest BCUT2D eigenvalue weighted by Crippen LogP contribution is 2.27. The molecule has 0 aromatic heterocycles. The number of nitrogens with one attached hydrogen (secondary N) is 1. The summed E-state index contributed by atoms with van der Waals surface area (Å²) in [6.07, 6.45) is 6.80. The molecule has 0 radical (unpaired) electrons. The van der Waals surface area contributed by atoms with E-state index in [4.69, 9.17) is 0 Å². The van der Waals surface area contributed by atoms with Gasteiger partial charge in [-0.15, -0.1) is 0 Å². The molecule has 0 aromatic rings. The zero-order valence-electron chi connectivity index (χ0n) is 11.9. The van der Waals surface area contributed by atoms with Crippen molar-refractivity contribution in [2.75, 3.05) is 20.1 Å². The average molecular weight is 264 g/mol. The molecule has 1 aliphatic heterocycles. The summed E-state index contributed by atoms with van der Waals surface area (Å²) in [6.45, 7) is 2.91. The van der Waals surface area contributed by atoms with Gasteiger partial charge in [0.05, 0.1) is 0 Å². The fourth-order valence-electron chi connectivity index (χ4n) is 3.08. The van der Waals surface area contributed by atoms with Gasteiger partial charge in [-0.05, 0) is 51.6 Å². The topological polar surface area (TPSA) is 49.4 Å². The minimum atomic E-state index is 0.140. The first-order valence-electron chi connectivity index (χ1n) is 7.28. The second-order valence-electron chi connectivity index (χ2n) is 5.66. The van der Waals surface area contributed by atoms with E-state index in [2.05, 4.69) is 5.32 Å². The first-order chi connectivity index (χ1) is 9.11. The predicted octanol–water partition coefficient (Wildman–Crippen LogP) is 1.51. The van der Waals surface area contributed by atoms with Crippen LogP contribution < -0.4 is 5.32 Å². The minimum absolute atomic E-state index is 0.140. The van der Waals surface area contributed by atoms with Crippen molar-refractivity contribution in [3.05, 3.63) is 11.6 Å². The lowest BCUT2D eigenvalue weighted by atomic mass is 9.85. The van der Waals surface area contributed by atoms with Crippen molar-refractivity contribution in [2.45, 2.75) is 45.1 Å². The Hall–Kier alpha value is -1.16. The second-order valence-corrected chi connectivity index (χ2v) is 5.66. The Morgan fingerprint density at radius 2 is 1.95 bits per heavy atom. The summed E-state index contributed by atoms with van der Waals surface area (Å²) in [7, 11) is 1.99. The van der Waals surface area contributed by atoms with Gasteiger partial charge in [-0.3, -0.25) is 9.59 Å². The van der Waals surface area contributed by atoms with Crippen molar-refractivity contribution >= 4 is 11.7 Å². The zero-order valence-corrected chi connectivity index (χ0v) is 11.9. The average Bonchev–Trinajstić information content (AvgIpc) is 2.46. The van der Waals surface area contributed by atoms with Crippen LogP contribution >= 0.6 is 0 Å². The highest BCUT2D eigenvalue weighted by molar-refractivity contribution is 5.93. The molecule has 1 aliphatic carbocycles. The molecule has 0 atom stereocenters. The van der Waals surface area contributed by atoms with E-state index in [1.807, 2.05) is 18.0 Å². The van der Waals surface area contributed by atoms with Crippen LogP contribution in [-0.2, 0) is 9.59 Å². The predicted molar refractivity (Wildman–Crippen MR) is 74.8 cm³/mol. The van der Waals surface area contributed by atoms with Crippen molar-refractivity contribution in [3.63, 3.8) is 0 Å². The van der Waals surface area contributed by atoms with Crippen LogP contribution in [0.5, 0.6) is 0 Å². The van der Waals surface area contributed by atoms with E-state index >= 15 is 0 Å². The summed E-state index contributed by atoms with van der Waals surface area (Å²) in [5.41, 5.74) is 0.878. The van der Waals surface area contributed by atoms with Crippen molar-refractivity contribution in [1.82, 2.24) is 10.2 Å². The molecular formula is C15H24N2O2. The van der Waals surface area contributed by atoms with Gasteiger partial charge in [0.1, 0.15) is 0 Å². The molecule has 1 N–H and O–H groups in total. The Morgan fingerprint density at radius 1 is 1.26 bits per heavy atom.